The predicted molar refractivity (Wildman–Crippen MR) is 60.5 cm³/mol. The lowest BCUT2D eigenvalue weighted by Gasteiger charge is -2.32. The lowest BCUT2D eigenvalue weighted by atomic mass is 10.2. The van der Waals surface area contributed by atoms with Crippen LogP contribution in [0, 0.1) is 0 Å². The molecule has 1 aromatic rings. The molecule has 0 aromatic heterocycles. The van der Waals surface area contributed by atoms with E-state index in [-0.39, 0.29) is 6.10 Å². The van der Waals surface area contributed by atoms with Gasteiger partial charge < -0.3 is 10.5 Å². The molecule has 0 saturated carbocycles. The maximum absolute atomic E-state index is 5.61. The SMILES string of the molecule is NCC1CN(Cc2ccccc2)CCO1. The summed E-state index contributed by atoms with van der Waals surface area (Å²) in [6, 6.07) is 10.5. The van der Waals surface area contributed by atoms with Crippen molar-refractivity contribution < 1.29 is 4.74 Å². The van der Waals surface area contributed by atoms with Gasteiger partial charge in [-0.2, -0.15) is 0 Å². The van der Waals surface area contributed by atoms with Crippen molar-refractivity contribution in [2.45, 2.75) is 12.6 Å². The highest BCUT2D eigenvalue weighted by Crippen LogP contribution is 2.09. The van der Waals surface area contributed by atoms with Gasteiger partial charge in [-0.25, -0.2) is 0 Å². The Labute approximate surface area is 90.8 Å². The fourth-order valence-corrected chi connectivity index (χ4v) is 1.91. The Morgan fingerprint density at radius 2 is 2.13 bits per heavy atom. The third kappa shape index (κ3) is 3.02. The molecule has 0 aliphatic carbocycles. The van der Waals surface area contributed by atoms with Gasteiger partial charge in [0, 0.05) is 26.2 Å². The second kappa shape index (κ2) is 5.26. The van der Waals surface area contributed by atoms with Gasteiger partial charge in [-0.15, -0.1) is 0 Å². The highest BCUT2D eigenvalue weighted by Gasteiger charge is 2.18. The van der Waals surface area contributed by atoms with E-state index in [1.165, 1.54) is 5.56 Å². The summed E-state index contributed by atoms with van der Waals surface area (Å²) in [5.41, 5.74) is 6.96. The van der Waals surface area contributed by atoms with Crippen molar-refractivity contribution in [1.82, 2.24) is 4.90 Å². The molecule has 82 valence electrons. The van der Waals surface area contributed by atoms with Crippen LogP contribution in [-0.4, -0.2) is 37.2 Å². The smallest absolute Gasteiger partial charge is 0.0824 e. The Bertz CT molecular complexity index is 289. The summed E-state index contributed by atoms with van der Waals surface area (Å²) in [6.45, 7) is 4.37. The first-order chi connectivity index (χ1) is 7.38. The molecule has 3 heteroatoms. The van der Waals surface area contributed by atoms with E-state index >= 15 is 0 Å². The lowest BCUT2D eigenvalue weighted by Crippen LogP contribution is -2.45. The molecule has 0 amide bonds. The second-order valence-electron chi connectivity index (χ2n) is 3.95. The quantitative estimate of drug-likeness (QED) is 0.796. The number of ether oxygens (including phenoxy) is 1. The van der Waals surface area contributed by atoms with Crippen molar-refractivity contribution in [2.24, 2.45) is 5.73 Å². The van der Waals surface area contributed by atoms with Gasteiger partial charge in [-0.05, 0) is 5.56 Å². The zero-order valence-electron chi connectivity index (χ0n) is 8.93. The monoisotopic (exact) mass is 206 g/mol. The van der Waals surface area contributed by atoms with E-state index in [4.69, 9.17) is 10.5 Å². The Morgan fingerprint density at radius 3 is 2.87 bits per heavy atom. The van der Waals surface area contributed by atoms with Crippen molar-refractivity contribution in [3.8, 4) is 0 Å². The van der Waals surface area contributed by atoms with Crippen LogP contribution >= 0.6 is 0 Å². The number of hydrogen-bond acceptors (Lipinski definition) is 3. The molecule has 1 atom stereocenters. The number of nitrogens with zero attached hydrogens (tertiary/aromatic N) is 1. The fourth-order valence-electron chi connectivity index (χ4n) is 1.91. The first-order valence-corrected chi connectivity index (χ1v) is 5.46. The minimum Gasteiger partial charge on any atom is -0.374 e. The average Bonchev–Trinajstić information content (AvgIpc) is 2.31. The Kier molecular flexibility index (Phi) is 3.72. The van der Waals surface area contributed by atoms with Gasteiger partial charge in [-0.3, -0.25) is 4.90 Å². The van der Waals surface area contributed by atoms with E-state index in [1.807, 2.05) is 6.07 Å². The van der Waals surface area contributed by atoms with Gasteiger partial charge in [-0.1, -0.05) is 30.3 Å². The highest BCUT2D eigenvalue weighted by atomic mass is 16.5. The van der Waals surface area contributed by atoms with Crippen LogP contribution in [0.25, 0.3) is 0 Å². The van der Waals surface area contributed by atoms with Crippen LogP contribution in [0.2, 0.25) is 0 Å². The molecule has 1 aromatic carbocycles. The minimum atomic E-state index is 0.211. The first-order valence-electron chi connectivity index (χ1n) is 5.46. The van der Waals surface area contributed by atoms with Crippen molar-refractivity contribution in [3.05, 3.63) is 35.9 Å². The van der Waals surface area contributed by atoms with Crippen LogP contribution in [0.3, 0.4) is 0 Å². The average molecular weight is 206 g/mol. The van der Waals surface area contributed by atoms with Gasteiger partial charge in [0.15, 0.2) is 0 Å². The molecule has 1 saturated heterocycles. The maximum atomic E-state index is 5.61. The molecule has 1 unspecified atom stereocenters. The fraction of sp³-hybridized carbons (Fsp3) is 0.500. The maximum Gasteiger partial charge on any atom is 0.0824 e. The molecular weight excluding hydrogens is 188 g/mol. The molecule has 1 aliphatic rings. The number of morpholine rings is 1. The predicted octanol–water partition coefficient (Wildman–Crippen LogP) is 0.846. The minimum absolute atomic E-state index is 0.211. The summed E-state index contributed by atoms with van der Waals surface area (Å²) in [6.07, 6.45) is 0.211. The van der Waals surface area contributed by atoms with Crippen LogP contribution in [0.5, 0.6) is 0 Å². The molecule has 15 heavy (non-hydrogen) atoms. The summed E-state index contributed by atoms with van der Waals surface area (Å²) >= 11 is 0. The first kappa shape index (κ1) is 10.6. The van der Waals surface area contributed by atoms with Gasteiger partial charge in [0.25, 0.3) is 0 Å². The van der Waals surface area contributed by atoms with Crippen LogP contribution in [0.15, 0.2) is 30.3 Å². The van der Waals surface area contributed by atoms with Gasteiger partial charge in [0.2, 0.25) is 0 Å². The molecule has 1 aliphatic heterocycles. The third-order valence-electron chi connectivity index (χ3n) is 2.73. The Morgan fingerprint density at radius 1 is 1.33 bits per heavy atom. The normalized spacial score (nSPS) is 22.9. The van der Waals surface area contributed by atoms with Gasteiger partial charge in [0.1, 0.15) is 0 Å². The summed E-state index contributed by atoms with van der Waals surface area (Å²) in [5.74, 6) is 0. The van der Waals surface area contributed by atoms with Crippen molar-refractivity contribution in [1.29, 1.82) is 0 Å². The summed E-state index contributed by atoms with van der Waals surface area (Å²) in [4.78, 5) is 2.40. The standard InChI is InChI=1S/C12H18N2O/c13-8-12-10-14(6-7-15-12)9-11-4-2-1-3-5-11/h1-5,12H,6-10,13H2. The van der Waals surface area contributed by atoms with Gasteiger partial charge >= 0.3 is 0 Å². The van der Waals surface area contributed by atoms with Crippen LogP contribution in [0.4, 0.5) is 0 Å². The summed E-state index contributed by atoms with van der Waals surface area (Å²) < 4.78 is 5.53. The number of benzene rings is 1. The Balaban J connectivity index is 1.89. The summed E-state index contributed by atoms with van der Waals surface area (Å²) in [5, 5.41) is 0. The Hall–Kier alpha value is -0.900. The zero-order chi connectivity index (χ0) is 10.5. The molecule has 1 fully saturated rings. The van der Waals surface area contributed by atoms with E-state index in [0.717, 1.165) is 26.2 Å². The molecule has 2 rings (SSSR count). The van der Waals surface area contributed by atoms with E-state index in [0.29, 0.717) is 6.54 Å². The largest absolute Gasteiger partial charge is 0.374 e. The second-order valence-corrected chi connectivity index (χ2v) is 3.95. The third-order valence-corrected chi connectivity index (χ3v) is 2.73. The van der Waals surface area contributed by atoms with Crippen molar-refractivity contribution in [3.63, 3.8) is 0 Å². The van der Waals surface area contributed by atoms with Crippen LogP contribution in [-0.2, 0) is 11.3 Å². The van der Waals surface area contributed by atoms with E-state index in [1.54, 1.807) is 0 Å². The van der Waals surface area contributed by atoms with Crippen LogP contribution < -0.4 is 5.73 Å². The topological polar surface area (TPSA) is 38.5 Å². The van der Waals surface area contributed by atoms with Gasteiger partial charge in [0.05, 0.1) is 12.7 Å². The van der Waals surface area contributed by atoms with Crippen molar-refractivity contribution >= 4 is 0 Å². The van der Waals surface area contributed by atoms with Crippen molar-refractivity contribution in [2.75, 3.05) is 26.2 Å². The van der Waals surface area contributed by atoms with Crippen LogP contribution in [0.1, 0.15) is 5.56 Å². The molecule has 1 heterocycles. The van der Waals surface area contributed by atoms with E-state index < -0.39 is 0 Å². The molecule has 0 spiro atoms. The highest BCUT2D eigenvalue weighted by molar-refractivity contribution is 5.14. The molecule has 2 N–H and O–H groups in total. The lowest BCUT2D eigenvalue weighted by molar-refractivity contribution is -0.0260. The van der Waals surface area contributed by atoms with E-state index in [9.17, 15) is 0 Å². The molecular formula is C12H18N2O. The zero-order valence-corrected chi connectivity index (χ0v) is 8.93. The number of hydrogen-bond donors (Lipinski definition) is 1. The number of nitrogens with two attached hydrogens (primary N) is 1. The molecule has 0 radical (unpaired) electrons. The summed E-state index contributed by atoms with van der Waals surface area (Å²) in [7, 11) is 0. The molecule has 3 nitrogen and oxygen atoms in total. The number of rotatable bonds is 3. The molecule has 0 bridgehead atoms. The van der Waals surface area contributed by atoms with E-state index in [2.05, 4.69) is 29.2 Å².